The van der Waals surface area contributed by atoms with Gasteiger partial charge in [-0.2, -0.15) is 0 Å². The molecule has 1 aromatic carbocycles. The lowest BCUT2D eigenvalue weighted by Gasteiger charge is -2.27. The number of imidazole rings is 1. The molecule has 5 rings (SSSR count). The Labute approximate surface area is 202 Å². The fourth-order valence-electron chi connectivity index (χ4n) is 4.27. The van der Waals surface area contributed by atoms with Crippen LogP contribution in [0.5, 0.6) is 5.75 Å². The molecule has 1 saturated heterocycles. The molecule has 2 aliphatic rings. The maximum Gasteiger partial charge on any atom is 0.269 e. The van der Waals surface area contributed by atoms with Crippen LogP contribution in [0.1, 0.15) is 40.1 Å². The van der Waals surface area contributed by atoms with Crippen molar-refractivity contribution < 1.29 is 23.9 Å². The number of hydrogen-bond acceptors (Lipinski definition) is 8. The molecule has 4 heterocycles. The zero-order valence-corrected chi connectivity index (χ0v) is 19.7. The molecule has 0 bridgehead atoms. The van der Waals surface area contributed by atoms with Gasteiger partial charge in [-0.1, -0.05) is 17.0 Å². The average molecular weight is 478 g/mol. The quantitative estimate of drug-likeness (QED) is 0.540. The minimum atomic E-state index is -1.48. The van der Waals surface area contributed by atoms with Gasteiger partial charge < -0.3 is 29.4 Å². The molecular weight excluding hydrogens is 450 g/mol. The van der Waals surface area contributed by atoms with Crippen LogP contribution in [-0.2, 0) is 23.4 Å². The van der Waals surface area contributed by atoms with Gasteiger partial charge in [-0.15, -0.1) is 0 Å². The van der Waals surface area contributed by atoms with E-state index in [0.29, 0.717) is 67.1 Å². The molecule has 2 aromatic heterocycles. The SMILES string of the molecule is Cc1cc([C@](C)(O)C#Cc2ccc3c(c2)-c2nc(C(N)=O)c(CN4CCOCC4)n2CCO3)no1. The second-order valence-corrected chi connectivity index (χ2v) is 8.84. The maximum absolute atomic E-state index is 12.3. The molecular formula is C25H27N5O5. The second-order valence-electron chi connectivity index (χ2n) is 8.84. The Balaban J connectivity index is 1.53. The van der Waals surface area contributed by atoms with Gasteiger partial charge in [-0.25, -0.2) is 4.98 Å². The molecule has 0 unspecified atom stereocenters. The van der Waals surface area contributed by atoms with Gasteiger partial charge in [0, 0.05) is 31.3 Å². The van der Waals surface area contributed by atoms with Crippen molar-refractivity contribution >= 4 is 5.91 Å². The van der Waals surface area contributed by atoms with Crippen molar-refractivity contribution in [2.45, 2.75) is 32.5 Å². The smallest absolute Gasteiger partial charge is 0.269 e. The summed E-state index contributed by atoms with van der Waals surface area (Å²) in [5.74, 6) is 7.16. The van der Waals surface area contributed by atoms with Gasteiger partial charge in [0.25, 0.3) is 5.91 Å². The summed E-state index contributed by atoms with van der Waals surface area (Å²) in [5.41, 5.74) is 6.98. The summed E-state index contributed by atoms with van der Waals surface area (Å²) in [4.78, 5) is 19.2. The van der Waals surface area contributed by atoms with E-state index in [2.05, 4.69) is 26.9 Å². The highest BCUT2D eigenvalue weighted by Crippen LogP contribution is 2.34. The predicted octanol–water partition coefficient (Wildman–Crippen LogP) is 1.43. The molecule has 1 fully saturated rings. The van der Waals surface area contributed by atoms with Crippen molar-refractivity contribution in [3.8, 4) is 29.0 Å². The lowest BCUT2D eigenvalue weighted by atomic mass is 10.0. The van der Waals surface area contributed by atoms with Gasteiger partial charge in [0.15, 0.2) is 11.3 Å². The summed E-state index contributed by atoms with van der Waals surface area (Å²) in [7, 11) is 0. The molecule has 2 aliphatic heterocycles. The number of hydrogen-bond donors (Lipinski definition) is 2. The summed E-state index contributed by atoms with van der Waals surface area (Å²) in [5, 5.41) is 14.6. The van der Waals surface area contributed by atoms with Crippen molar-refractivity contribution in [1.82, 2.24) is 19.6 Å². The molecule has 0 radical (unpaired) electrons. The standard InChI is InChI=1S/C25H27N5O5/c1-16-13-21(28-35-16)25(2,32)6-5-17-3-4-20-18(14-17)24-27-22(23(26)31)19(30(24)9-12-34-20)15-29-7-10-33-11-8-29/h3-4,13-14,32H,7-12,15H2,1-2H3,(H2,26,31)/t25-/m1/s1. The first-order chi connectivity index (χ1) is 16.8. The minimum Gasteiger partial charge on any atom is -0.491 e. The van der Waals surface area contributed by atoms with Crippen LogP contribution in [0, 0.1) is 18.8 Å². The van der Waals surface area contributed by atoms with E-state index in [-0.39, 0.29) is 5.69 Å². The topological polar surface area (TPSA) is 129 Å². The number of carbonyl (C=O) groups is 1. The predicted molar refractivity (Wildman–Crippen MR) is 125 cm³/mol. The first kappa shape index (κ1) is 23.1. The normalized spacial score (nSPS) is 17.2. The molecule has 0 saturated carbocycles. The molecule has 35 heavy (non-hydrogen) atoms. The van der Waals surface area contributed by atoms with E-state index in [0.717, 1.165) is 18.8 Å². The van der Waals surface area contributed by atoms with Crippen molar-refractivity contribution in [3.05, 3.63) is 52.7 Å². The van der Waals surface area contributed by atoms with Crippen LogP contribution in [0.4, 0.5) is 0 Å². The Kier molecular flexibility index (Phi) is 6.06. The fourth-order valence-corrected chi connectivity index (χ4v) is 4.27. The average Bonchev–Trinajstić information content (AvgIpc) is 3.38. The minimum absolute atomic E-state index is 0.264. The number of aliphatic hydroxyl groups is 1. The van der Waals surface area contributed by atoms with Gasteiger partial charge in [-0.05, 0) is 32.0 Å². The third-order valence-corrected chi connectivity index (χ3v) is 6.15. The summed E-state index contributed by atoms with van der Waals surface area (Å²) < 4.78 is 18.5. The Bertz CT molecular complexity index is 1320. The van der Waals surface area contributed by atoms with Crippen molar-refractivity contribution in [3.63, 3.8) is 0 Å². The highest BCUT2D eigenvalue weighted by molar-refractivity contribution is 5.93. The number of amides is 1. The number of rotatable bonds is 4. The summed E-state index contributed by atoms with van der Waals surface area (Å²) in [6, 6.07) is 7.14. The van der Waals surface area contributed by atoms with Crippen LogP contribution in [-0.4, -0.2) is 63.5 Å². The van der Waals surface area contributed by atoms with Gasteiger partial charge in [0.2, 0.25) is 0 Å². The third-order valence-electron chi connectivity index (χ3n) is 6.15. The number of nitrogens with two attached hydrogens (primary N) is 1. The number of aromatic nitrogens is 3. The first-order valence-corrected chi connectivity index (χ1v) is 11.5. The third kappa shape index (κ3) is 4.66. The lowest BCUT2D eigenvalue weighted by molar-refractivity contribution is 0.0330. The van der Waals surface area contributed by atoms with E-state index < -0.39 is 11.5 Å². The number of benzene rings is 1. The Hall–Kier alpha value is -3.65. The van der Waals surface area contributed by atoms with Crippen molar-refractivity contribution in [2.75, 3.05) is 32.9 Å². The zero-order chi connectivity index (χ0) is 24.6. The molecule has 182 valence electrons. The van der Waals surface area contributed by atoms with Crippen LogP contribution in [0.3, 0.4) is 0 Å². The van der Waals surface area contributed by atoms with Crippen LogP contribution in [0.2, 0.25) is 0 Å². The first-order valence-electron chi connectivity index (χ1n) is 11.5. The number of carbonyl (C=O) groups excluding carboxylic acids is 1. The highest BCUT2D eigenvalue weighted by Gasteiger charge is 2.28. The molecule has 1 amide bonds. The maximum atomic E-state index is 12.3. The zero-order valence-electron chi connectivity index (χ0n) is 19.7. The molecule has 3 N–H and O–H groups in total. The van der Waals surface area contributed by atoms with Crippen molar-refractivity contribution in [2.24, 2.45) is 5.73 Å². The van der Waals surface area contributed by atoms with Crippen LogP contribution in [0.25, 0.3) is 11.4 Å². The van der Waals surface area contributed by atoms with Crippen LogP contribution < -0.4 is 10.5 Å². The summed E-state index contributed by atoms with van der Waals surface area (Å²) in [6.07, 6.45) is 0. The summed E-state index contributed by atoms with van der Waals surface area (Å²) in [6.45, 7) is 7.67. The second kappa shape index (κ2) is 9.19. The van der Waals surface area contributed by atoms with E-state index >= 15 is 0 Å². The molecule has 1 atom stereocenters. The van der Waals surface area contributed by atoms with Crippen LogP contribution >= 0.6 is 0 Å². The lowest BCUT2D eigenvalue weighted by Crippen LogP contribution is -2.37. The van der Waals surface area contributed by atoms with Gasteiger partial charge in [-0.3, -0.25) is 9.69 Å². The fraction of sp³-hybridized carbons (Fsp3) is 0.400. The van der Waals surface area contributed by atoms with Gasteiger partial charge in [0.05, 0.1) is 31.0 Å². The molecule has 10 nitrogen and oxygen atoms in total. The van der Waals surface area contributed by atoms with E-state index in [9.17, 15) is 9.90 Å². The van der Waals surface area contributed by atoms with E-state index in [4.69, 9.17) is 19.7 Å². The molecule has 0 spiro atoms. The van der Waals surface area contributed by atoms with E-state index in [1.165, 1.54) is 0 Å². The number of nitrogens with zero attached hydrogens (tertiary/aromatic N) is 4. The Morgan fingerprint density at radius 3 is 2.74 bits per heavy atom. The Morgan fingerprint density at radius 1 is 1.23 bits per heavy atom. The monoisotopic (exact) mass is 477 g/mol. The summed E-state index contributed by atoms with van der Waals surface area (Å²) >= 11 is 0. The highest BCUT2D eigenvalue weighted by atomic mass is 16.5. The van der Waals surface area contributed by atoms with Crippen molar-refractivity contribution in [1.29, 1.82) is 0 Å². The molecule has 3 aromatic rings. The van der Waals surface area contributed by atoms with Gasteiger partial charge in [0.1, 0.15) is 29.6 Å². The van der Waals surface area contributed by atoms with Crippen LogP contribution in [0.15, 0.2) is 28.8 Å². The molecule has 0 aliphatic carbocycles. The largest absolute Gasteiger partial charge is 0.491 e. The number of fused-ring (bicyclic) bond motifs is 3. The number of aryl methyl sites for hydroxylation is 1. The number of morpholine rings is 1. The van der Waals surface area contributed by atoms with E-state index in [1.807, 2.05) is 22.8 Å². The Morgan fingerprint density at radius 2 is 2.03 bits per heavy atom. The van der Waals surface area contributed by atoms with Gasteiger partial charge >= 0.3 is 0 Å². The number of ether oxygens (including phenoxy) is 2. The molecule has 10 heteroatoms. The number of primary amides is 1. The van der Waals surface area contributed by atoms with E-state index in [1.54, 1.807) is 19.9 Å².